The summed E-state index contributed by atoms with van der Waals surface area (Å²) in [5, 5.41) is 0. The SMILES string of the molecule is NNc1cncc(N2CCc3ccc(F)cc32)n1. The Bertz CT molecular complexity index is 586. The average molecular weight is 245 g/mol. The normalized spacial score (nSPS) is 13.6. The van der Waals surface area contributed by atoms with Crippen LogP contribution in [0.1, 0.15) is 5.56 Å². The van der Waals surface area contributed by atoms with Crippen molar-refractivity contribution in [2.45, 2.75) is 6.42 Å². The molecule has 1 aromatic carbocycles. The van der Waals surface area contributed by atoms with E-state index in [4.69, 9.17) is 5.84 Å². The molecule has 0 atom stereocenters. The smallest absolute Gasteiger partial charge is 0.160 e. The highest BCUT2D eigenvalue weighted by Crippen LogP contribution is 2.33. The molecule has 0 fully saturated rings. The lowest BCUT2D eigenvalue weighted by molar-refractivity contribution is 0.628. The predicted molar refractivity (Wildman–Crippen MR) is 67.0 cm³/mol. The summed E-state index contributed by atoms with van der Waals surface area (Å²) in [4.78, 5) is 10.3. The summed E-state index contributed by atoms with van der Waals surface area (Å²) in [6, 6.07) is 4.81. The minimum Gasteiger partial charge on any atom is -0.324 e. The van der Waals surface area contributed by atoms with Crippen LogP contribution in [0.2, 0.25) is 0 Å². The molecule has 0 aliphatic carbocycles. The predicted octanol–water partition coefficient (Wildman–Crippen LogP) is 1.60. The molecule has 3 N–H and O–H groups in total. The van der Waals surface area contributed by atoms with Gasteiger partial charge in [0.15, 0.2) is 11.6 Å². The maximum Gasteiger partial charge on any atom is 0.160 e. The van der Waals surface area contributed by atoms with Crippen LogP contribution < -0.4 is 16.2 Å². The number of nitrogens with zero attached hydrogens (tertiary/aromatic N) is 3. The van der Waals surface area contributed by atoms with Crippen molar-refractivity contribution in [3.63, 3.8) is 0 Å². The highest BCUT2D eigenvalue weighted by molar-refractivity contribution is 5.67. The van der Waals surface area contributed by atoms with Crippen LogP contribution in [0, 0.1) is 5.82 Å². The Morgan fingerprint density at radius 1 is 1.33 bits per heavy atom. The van der Waals surface area contributed by atoms with Gasteiger partial charge in [0, 0.05) is 12.2 Å². The lowest BCUT2D eigenvalue weighted by Gasteiger charge is -2.18. The number of aromatic nitrogens is 2. The van der Waals surface area contributed by atoms with Gasteiger partial charge in [-0.2, -0.15) is 0 Å². The standard InChI is InChI=1S/C12H12FN5/c13-9-2-1-8-3-4-18(10(8)5-9)12-7-15-6-11(16-12)17-14/h1-2,5-7H,3-4,14H2,(H,16,17). The van der Waals surface area contributed by atoms with Crippen molar-refractivity contribution in [1.29, 1.82) is 0 Å². The molecule has 6 heteroatoms. The first kappa shape index (κ1) is 10.9. The minimum absolute atomic E-state index is 0.248. The van der Waals surface area contributed by atoms with Gasteiger partial charge in [-0.15, -0.1) is 0 Å². The lowest BCUT2D eigenvalue weighted by atomic mass is 10.2. The van der Waals surface area contributed by atoms with Gasteiger partial charge in [0.25, 0.3) is 0 Å². The molecule has 0 saturated heterocycles. The fourth-order valence-electron chi connectivity index (χ4n) is 2.15. The summed E-state index contributed by atoms with van der Waals surface area (Å²) in [7, 11) is 0. The van der Waals surface area contributed by atoms with Crippen molar-refractivity contribution in [3.8, 4) is 0 Å². The molecule has 3 rings (SSSR count). The maximum absolute atomic E-state index is 13.3. The number of rotatable bonds is 2. The fraction of sp³-hybridized carbons (Fsp3) is 0.167. The fourth-order valence-corrected chi connectivity index (χ4v) is 2.15. The summed E-state index contributed by atoms with van der Waals surface area (Å²) in [6.45, 7) is 0.765. The number of benzene rings is 1. The van der Waals surface area contributed by atoms with Gasteiger partial charge in [-0.25, -0.2) is 15.2 Å². The number of anilines is 3. The van der Waals surface area contributed by atoms with Gasteiger partial charge >= 0.3 is 0 Å². The van der Waals surface area contributed by atoms with E-state index in [1.54, 1.807) is 6.20 Å². The molecule has 1 aliphatic heterocycles. The third kappa shape index (κ3) is 1.76. The number of nitrogens with one attached hydrogen (secondary N) is 1. The third-order valence-corrected chi connectivity index (χ3v) is 2.99. The third-order valence-electron chi connectivity index (χ3n) is 2.99. The monoisotopic (exact) mass is 245 g/mol. The van der Waals surface area contributed by atoms with E-state index in [0.29, 0.717) is 11.6 Å². The Hall–Kier alpha value is -2.21. The zero-order chi connectivity index (χ0) is 12.5. The van der Waals surface area contributed by atoms with Crippen LogP contribution in [-0.4, -0.2) is 16.5 Å². The molecule has 0 amide bonds. The summed E-state index contributed by atoms with van der Waals surface area (Å²) < 4.78 is 13.3. The highest BCUT2D eigenvalue weighted by atomic mass is 19.1. The highest BCUT2D eigenvalue weighted by Gasteiger charge is 2.22. The van der Waals surface area contributed by atoms with E-state index in [0.717, 1.165) is 24.2 Å². The number of hydrazine groups is 1. The van der Waals surface area contributed by atoms with E-state index >= 15 is 0 Å². The number of halogens is 1. The number of nitrogens with two attached hydrogens (primary N) is 1. The Morgan fingerprint density at radius 2 is 2.22 bits per heavy atom. The average Bonchev–Trinajstić information content (AvgIpc) is 2.81. The van der Waals surface area contributed by atoms with Crippen molar-refractivity contribution in [2.24, 2.45) is 5.84 Å². The molecular weight excluding hydrogens is 233 g/mol. The quantitative estimate of drug-likeness (QED) is 0.621. The first-order chi connectivity index (χ1) is 8.78. The molecule has 5 nitrogen and oxygen atoms in total. The van der Waals surface area contributed by atoms with E-state index in [2.05, 4.69) is 15.4 Å². The molecule has 18 heavy (non-hydrogen) atoms. The first-order valence-electron chi connectivity index (χ1n) is 5.62. The van der Waals surface area contributed by atoms with Gasteiger partial charge in [-0.05, 0) is 24.1 Å². The van der Waals surface area contributed by atoms with Gasteiger partial charge in [0.05, 0.1) is 12.4 Å². The number of hydrogen-bond acceptors (Lipinski definition) is 5. The van der Waals surface area contributed by atoms with E-state index in [1.807, 2.05) is 11.0 Å². The lowest BCUT2D eigenvalue weighted by Crippen LogP contribution is -2.17. The second-order valence-corrected chi connectivity index (χ2v) is 4.08. The van der Waals surface area contributed by atoms with Gasteiger partial charge in [-0.1, -0.05) is 6.07 Å². The van der Waals surface area contributed by atoms with E-state index in [1.165, 1.54) is 18.3 Å². The van der Waals surface area contributed by atoms with E-state index in [-0.39, 0.29) is 5.82 Å². The second kappa shape index (κ2) is 4.23. The van der Waals surface area contributed by atoms with Crippen LogP contribution in [0.25, 0.3) is 0 Å². The summed E-state index contributed by atoms with van der Waals surface area (Å²) in [5.74, 6) is 6.20. The Balaban J connectivity index is 2.02. The van der Waals surface area contributed by atoms with Crippen LogP contribution in [0.5, 0.6) is 0 Å². The van der Waals surface area contributed by atoms with Crippen molar-refractivity contribution >= 4 is 17.3 Å². The van der Waals surface area contributed by atoms with Crippen LogP contribution in [0.15, 0.2) is 30.6 Å². The van der Waals surface area contributed by atoms with Crippen molar-refractivity contribution in [3.05, 3.63) is 42.0 Å². The van der Waals surface area contributed by atoms with Crippen LogP contribution in [0.4, 0.5) is 21.7 Å². The summed E-state index contributed by atoms with van der Waals surface area (Å²) >= 11 is 0. The van der Waals surface area contributed by atoms with Gasteiger partial charge in [0.1, 0.15) is 5.82 Å². The molecule has 1 aliphatic rings. The zero-order valence-corrected chi connectivity index (χ0v) is 9.60. The number of nitrogen functional groups attached to an aromatic ring is 1. The molecule has 92 valence electrons. The summed E-state index contributed by atoms with van der Waals surface area (Å²) in [5.41, 5.74) is 4.41. The van der Waals surface area contributed by atoms with Gasteiger partial charge < -0.3 is 10.3 Å². The molecule has 0 bridgehead atoms. The number of fused-ring (bicyclic) bond motifs is 1. The molecule has 0 radical (unpaired) electrons. The summed E-state index contributed by atoms with van der Waals surface area (Å²) in [6.07, 6.45) is 4.05. The van der Waals surface area contributed by atoms with Crippen molar-refractivity contribution in [1.82, 2.24) is 9.97 Å². The number of hydrogen-bond donors (Lipinski definition) is 2. The minimum atomic E-state index is -0.248. The molecule has 0 spiro atoms. The molecular formula is C12H12FN5. The van der Waals surface area contributed by atoms with E-state index in [9.17, 15) is 4.39 Å². The molecule has 1 aromatic heterocycles. The Labute approximate surface area is 103 Å². The Kier molecular flexibility index (Phi) is 2.56. The van der Waals surface area contributed by atoms with Crippen molar-refractivity contribution < 1.29 is 4.39 Å². The molecule has 0 saturated carbocycles. The van der Waals surface area contributed by atoms with Crippen LogP contribution in [-0.2, 0) is 6.42 Å². The second-order valence-electron chi connectivity index (χ2n) is 4.08. The van der Waals surface area contributed by atoms with Crippen molar-refractivity contribution in [2.75, 3.05) is 16.9 Å². The maximum atomic E-state index is 13.3. The van der Waals surface area contributed by atoms with Gasteiger partial charge in [-0.3, -0.25) is 4.98 Å². The van der Waals surface area contributed by atoms with Crippen LogP contribution >= 0.6 is 0 Å². The largest absolute Gasteiger partial charge is 0.324 e. The topological polar surface area (TPSA) is 67.1 Å². The zero-order valence-electron chi connectivity index (χ0n) is 9.60. The van der Waals surface area contributed by atoms with Crippen LogP contribution in [0.3, 0.4) is 0 Å². The molecule has 2 heterocycles. The first-order valence-corrected chi connectivity index (χ1v) is 5.62. The van der Waals surface area contributed by atoms with Gasteiger partial charge in [0.2, 0.25) is 0 Å². The molecule has 2 aromatic rings. The Morgan fingerprint density at radius 3 is 3.06 bits per heavy atom. The molecule has 0 unspecified atom stereocenters. The van der Waals surface area contributed by atoms with E-state index < -0.39 is 0 Å².